The predicted molar refractivity (Wildman–Crippen MR) is 75.1 cm³/mol. The largest absolute Gasteiger partial charge is 0.345 e. The van der Waals surface area contributed by atoms with E-state index in [2.05, 4.69) is 15.3 Å². The molecule has 1 aliphatic heterocycles. The number of amidine groups is 1. The summed E-state index contributed by atoms with van der Waals surface area (Å²) in [5, 5.41) is 6.05. The van der Waals surface area contributed by atoms with E-state index in [-0.39, 0.29) is 11.9 Å². The monoisotopic (exact) mass is 293 g/mol. The molecule has 0 radical (unpaired) electrons. The quantitative estimate of drug-likeness (QED) is 0.919. The van der Waals surface area contributed by atoms with Gasteiger partial charge < -0.3 is 5.32 Å². The molecule has 1 aliphatic rings. The van der Waals surface area contributed by atoms with Crippen molar-refractivity contribution in [3.8, 4) is 0 Å². The number of nitrogens with zero attached hydrogens (tertiary/aromatic N) is 2. The SMILES string of the molecule is Fc1cc(Cl)ccc1C1C=CNC(c2nccs2)=N1. The van der Waals surface area contributed by atoms with Gasteiger partial charge in [0.05, 0.1) is 6.04 Å². The number of aromatic nitrogens is 1. The highest BCUT2D eigenvalue weighted by Gasteiger charge is 2.17. The first-order valence-electron chi connectivity index (χ1n) is 5.60. The van der Waals surface area contributed by atoms with Gasteiger partial charge in [0.1, 0.15) is 5.82 Å². The van der Waals surface area contributed by atoms with Crippen molar-refractivity contribution in [3.05, 3.63) is 63.5 Å². The molecule has 1 aromatic carbocycles. The van der Waals surface area contributed by atoms with Gasteiger partial charge in [-0.3, -0.25) is 4.99 Å². The van der Waals surface area contributed by atoms with Crippen molar-refractivity contribution < 1.29 is 4.39 Å². The summed E-state index contributed by atoms with van der Waals surface area (Å²) in [4.78, 5) is 8.65. The molecule has 0 fully saturated rings. The van der Waals surface area contributed by atoms with Crippen LogP contribution in [0, 0.1) is 5.82 Å². The fourth-order valence-corrected chi connectivity index (χ4v) is 2.56. The molecule has 2 heterocycles. The molecule has 6 heteroatoms. The molecule has 0 saturated heterocycles. The van der Waals surface area contributed by atoms with E-state index in [0.717, 1.165) is 5.01 Å². The van der Waals surface area contributed by atoms with Crippen LogP contribution in [0.25, 0.3) is 0 Å². The topological polar surface area (TPSA) is 37.3 Å². The van der Waals surface area contributed by atoms with Crippen LogP contribution in [0.2, 0.25) is 5.02 Å². The normalized spacial score (nSPS) is 18.0. The number of hydrogen-bond donors (Lipinski definition) is 1. The molecule has 1 unspecified atom stereocenters. The fourth-order valence-electron chi connectivity index (χ4n) is 1.81. The van der Waals surface area contributed by atoms with Gasteiger partial charge in [0.2, 0.25) is 0 Å². The summed E-state index contributed by atoms with van der Waals surface area (Å²) in [6, 6.07) is 4.25. The van der Waals surface area contributed by atoms with Crippen LogP contribution in [0.4, 0.5) is 4.39 Å². The number of hydrogen-bond acceptors (Lipinski definition) is 4. The van der Waals surface area contributed by atoms with E-state index in [0.29, 0.717) is 16.4 Å². The summed E-state index contributed by atoms with van der Waals surface area (Å²) < 4.78 is 13.9. The highest BCUT2D eigenvalue weighted by molar-refractivity contribution is 7.11. The molecule has 0 aliphatic carbocycles. The van der Waals surface area contributed by atoms with Gasteiger partial charge in [-0.2, -0.15) is 0 Å². The van der Waals surface area contributed by atoms with Crippen molar-refractivity contribution in [3.63, 3.8) is 0 Å². The molecule has 0 spiro atoms. The lowest BCUT2D eigenvalue weighted by atomic mass is 10.1. The number of benzene rings is 1. The number of nitrogens with one attached hydrogen (secondary N) is 1. The first-order valence-corrected chi connectivity index (χ1v) is 6.85. The Kier molecular flexibility index (Phi) is 3.31. The van der Waals surface area contributed by atoms with Gasteiger partial charge in [-0.15, -0.1) is 11.3 Å². The van der Waals surface area contributed by atoms with E-state index in [9.17, 15) is 4.39 Å². The summed E-state index contributed by atoms with van der Waals surface area (Å²) in [7, 11) is 0. The standard InChI is InChI=1S/C13H9ClFN3S/c14-8-1-2-9(10(15)7-8)11-3-4-16-12(18-11)13-17-5-6-19-13/h1-7,11H,(H,16,18). The zero-order valence-corrected chi connectivity index (χ0v) is 11.2. The van der Waals surface area contributed by atoms with Crippen LogP contribution in [0.1, 0.15) is 16.6 Å². The molecular weight excluding hydrogens is 285 g/mol. The van der Waals surface area contributed by atoms with Crippen molar-refractivity contribution >= 4 is 28.8 Å². The first-order chi connectivity index (χ1) is 9.24. The van der Waals surface area contributed by atoms with Gasteiger partial charge in [-0.05, 0) is 18.2 Å². The lowest BCUT2D eigenvalue weighted by molar-refractivity contribution is 0.601. The maximum absolute atomic E-state index is 13.9. The Labute approximate surface area is 118 Å². The lowest BCUT2D eigenvalue weighted by Crippen LogP contribution is -2.23. The lowest BCUT2D eigenvalue weighted by Gasteiger charge is -2.16. The van der Waals surface area contributed by atoms with E-state index in [1.807, 2.05) is 5.38 Å². The Bertz CT molecular complexity index is 652. The molecule has 0 amide bonds. The third-order valence-corrected chi connectivity index (χ3v) is 3.70. The zero-order chi connectivity index (χ0) is 13.2. The number of rotatable bonds is 2. The highest BCUT2D eigenvalue weighted by Crippen LogP contribution is 2.26. The van der Waals surface area contributed by atoms with Gasteiger partial charge in [-0.25, -0.2) is 9.37 Å². The predicted octanol–water partition coefficient (Wildman–Crippen LogP) is 3.54. The van der Waals surface area contributed by atoms with E-state index >= 15 is 0 Å². The summed E-state index contributed by atoms with van der Waals surface area (Å²) in [5.41, 5.74) is 0.496. The molecule has 1 aromatic heterocycles. The molecule has 3 nitrogen and oxygen atoms in total. The van der Waals surface area contributed by atoms with Gasteiger partial charge >= 0.3 is 0 Å². The van der Waals surface area contributed by atoms with Crippen LogP contribution < -0.4 is 5.32 Å². The van der Waals surface area contributed by atoms with E-state index in [1.54, 1.807) is 30.6 Å². The second-order valence-corrected chi connectivity index (χ2v) is 5.26. The van der Waals surface area contributed by atoms with Gasteiger partial charge in [-0.1, -0.05) is 17.7 Å². The molecule has 96 valence electrons. The van der Waals surface area contributed by atoms with Crippen LogP contribution in [0.15, 0.2) is 47.0 Å². The van der Waals surface area contributed by atoms with Crippen LogP contribution >= 0.6 is 22.9 Å². The third-order valence-electron chi connectivity index (χ3n) is 2.68. The average Bonchev–Trinajstić information content (AvgIpc) is 2.93. The Morgan fingerprint density at radius 3 is 3.00 bits per heavy atom. The second-order valence-electron chi connectivity index (χ2n) is 3.93. The minimum absolute atomic E-state index is 0.355. The molecule has 19 heavy (non-hydrogen) atoms. The maximum atomic E-state index is 13.9. The third kappa shape index (κ3) is 2.52. The minimum Gasteiger partial charge on any atom is -0.345 e. The minimum atomic E-state index is -0.364. The molecular formula is C13H9ClFN3S. The van der Waals surface area contributed by atoms with Crippen LogP contribution in [-0.4, -0.2) is 10.8 Å². The second kappa shape index (κ2) is 5.11. The summed E-state index contributed by atoms with van der Waals surface area (Å²) in [5.74, 6) is 0.295. The molecule has 3 rings (SSSR count). The van der Waals surface area contributed by atoms with Crippen LogP contribution in [-0.2, 0) is 0 Å². The van der Waals surface area contributed by atoms with Crippen LogP contribution in [0.3, 0.4) is 0 Å². The average molecular weight is 294 g/mol. The van der Waals surface area contributed by atoms with E-state index in [4.69, 9.17) is 11.6 Å². The van der Waals surface area contributed by atoms with Crippen molar-refractivity contribution in [1.29, 1.82) is 0 Å². The molecule has 1 N–H and O–H groups in total. The number of thiazole rings is 1. The van der Waals surface area contributed by atoms with E-state index < -0.39 is 0 Å². The Morgan fingerprint density at radius 1 is 1.37 bits per heavy atom. The van der Waals surface area contributed by atoms with Gasteiger partial charge in [0, 0.05) is 28.4 Å². The number of halogens is 2. The van der Waals surface area contributed by atoms with Crippen molar-refractivity contribution in [1.82, 2.24) is 10.3 Å². The Hall–Kier alpha value is -1.72. The van der Waals surface area contributed by atoms with Crippen LogP contribution in [0.5, 0.6) is 0 Å². The van der Waals surface area contributed by atoms with E-state index in [1.165, 1.54) is 17.4 Å². The highest BCUT2D eigenvalue weighted by atomic mass is 35.5. The fraction of sp³-hybridized carbons (Fsp3) is 0.0769. The van der Waals surface area contributed by atoms with Gasteiger partial charge in [0.25, 0.3) is 0 Å². The molecule has 1 atom stereocenters. The first kappa shape index (κ1) is 12.3. The van der Waals surface area contributed by atoms with Gasteiger partial charge in [0.15, 0.2) is 10.8 Å². The molecule has 0 saturated carbocycles. The Balaban J connectivity index is 1.96. The number of aliphatic imine (C=N–C) groups is 1. The molecule has 0 bridgehead atoms. The van der Waals surface area contributed by atoms with Crippen molar-refractivity contribution in [2.75, 3.05) is 0 Å². The maximum Gasteiger partial charge on any atom is 0.162 e. The summed E-state index contributed by atoms with van der Waals surface area (Å²) in [6.07, 6.45) is 5.26. The van der Waals surface area contributed by atoms with Crippen molar-refractivity contribution in [2.45, 2.75) is 6.04 Å². The van der Waals surface area contributed by atoms with Crippen molar-refractivity contribution in [2.24, 2.45) is 4.99 Å². The summed E-state index contributed by atoms with van der Waals surface area (Å²) in [6.45, 7) is 0. The summed E-state index contributed by atoms with van der Waals surface area (Å²) >= 11 is 7.23. The Morgan fingerprint density at radius 2 is 2.26 bits per heavy atom. The smallest absolute Gasteiger partial charge is 0.162 e. The zero-order valence-electron chi connectivity index (χ0n) is 9.68. The molecule has 2 aromatic rings.